The van der Waals surface area contributed by atoms with Crippen molar-refractivity contribution in [3.05, 3.63) is 35.7 Å². The highest BCUT2D eigenvalue weighted by molar-refractivity contribution is 5.42. The zero-order valence-corrected chi connectivity index (χ0v) is 12.0. The number of aryl methyl sites for hydroxylation is 1. The summed E-state index contributed by atoms with van der Waals surface area (Å²) in [7, 11) is 1.61. The number of methoxy groups -OCH3 is 1. The van der Waals surface area contributed by atoms with Gasteiger partial charge in [0.2, 0.25) is 11.8 Å². The number of aromatic nitrogens is 3. The molecule has 0 aliphatic heterocycles. The Morgan fingerprint density at radius 1 is 1.20 bits per heavy atom. The first-order valence-electron chi connectivity index (χ1n) is 6.53. The van der Waals surface area contributed by atoms with Crippen molar-refractivity contribution in [2.75, 3.05) is 24.3 Å². The lowest BCUT2D eigenvalue weighted by molar-refractivity contribution is 0.397. The van der Waals surface area contributed by atoms with Crippen LogP contribution in [0.1, 0.15) is 18.2 Å². The summed E-state index contributed by atoms with van der Waals surface area (Å²) in [4.78, 5) is 12.8. The van der Waals surface area contributed by atoms with Gasteiger partial charge in [-0.15, -0.1) is 0 Å². The van der Waals surface area contributed by atoms with Gasteiger partial charge in [-0.25, -0.2) is 9.97 Å². The van der Waals surface area contributed by atoms with Crippen LogP contribution in [0.5, 0.6) is 5.88 Å². The normalized spacial score (nSPS) is 10.2. The van der Waals surface area contributed by atoms with Crippen molar-refractivity contribution < 1.29 is 4.74 Å². The van der Waals surface area contributed by atoms with E-state index in [-0.39, 0.29) is 0 Å². The first-order chi connectivity index (χ1) is 9.71. The fourth-order valence-corrected chi connectivity index (χ4v) is 1.76. The minimum Gasteiger partial charge on any atom is -0.481 e. The maximum Gasteiger partial charge on any atom is 0.224 e. The van der Waals surface area contributed by atoms with Crippen molar-refractivity contribution in [3.63, 3.8) is 0 Å². The van der Waals surface area contributed by atoms with Gasteiger partial charge < -0.3 is 15.4 Å². The lowest BCUT2D eigenvalue weighted by Gasteiger charge is -2.09. The van der Waals surface area contributed by atoms with Gasteiger partial charge in [-0.05, 0) is 25.5 Å². The largest absolute Gasteiger partial charge is 0.481 e. The van der Waals surface area contributed by atoms with Gasteiger partial charge >= 0.3 is 0 Å². The molecule has 0 amide bonds. The Balaban J connectivity index is 2.06. The Morgan fingerprint density at radius 2 is 2.05 bits per heavy atom. The summed E-state index contributed by atoms with van der Waals surface area (Å²) in [6.45, 7) is 5.41. The van der Waals surface area contributed by atoms with Gasteiger partial charge in [0.1, 0.15) is 5.82 Å². The smallest absolute Gasteiger partial charge is 0.224 e. The molecule has 2 heterocycles. The van der Waals surface area contributed by atoms with Gasteiger partial charge in [0.25, 0.3) is 0 Å². The predicted molar refractivity (Wildman–Crippen MR) is 79.0 cm³/mol. The van der Waals surface area contributed by atoms with Crippen LogP contribution in [0.15, 0.2) is 24.4 Å². The molecule has 2 rings (SSSR count). The third-order valence-corrected chi connectivity index (χ3v) is 2.67. The van der Waals surface area contributed by atoms with E-state index in [0.29, 0.717) is 18.4 Å². The Morgan fingerprint density at radius 3 is 2.80 bits per heavy atom. The number of hydrogen-bond acceptors (Lipinski definition) is 6. The van der Waals surface area contributed by atoms with E-state index in [4.69, 9.17) is 4.74 Å². The van der Waals surface area contributed by atoms with Crippen LogP contribution in [-0.2, 0) is 6.54 Å². The molecule has 0 atom stereocenters. The lowest BCUT2D eigenvalue weighted by atomic mass is 10.2. The summed E-state index contributed by atoms with van der Waals surface area (Å²) in [5.41, 5.74) is 2.00. The Bertz CT molecular complexity index is 573. The molecule has 6 nitrogen and oxygen atoms in total. The maximum atomic E-state index is 5.10. The van der Waals surface area contributed by atoms with Crippen LogP contribution < -0.4 is 15.4 Å². The van der Waals surface area contributed by atoms with Crippen LogP contribution in [0, 0.1) is 6.92 Å². The van der Waals surface area contributed by atoms with E-state index >= 15 is 0 Å². The van der Waals surface area contributed by atoms with Crippen molar-refractivity contribution in [1.29, 1.82) is 0 Å². The number of nitrogens with one attached hydrogen (secondary N) is 2. The predicted octanol–water partition coefficient (Wildman–Crippen LogP) is 2.23. The van der Waals surface area contributed by atoms with Gasteiger partial charge in [-0.3, -0.25) is 0 Å². The second kappa shape index (κ2) is 6.70. The van der Waals surface area contributed by atoms with Gasteiger partial charge in [0.05, 0.1) is 7.11 Å². The highest BCUT2D eigenvalue weighted by atomic mass is 16.5. The molecule has 0 aromatic carbocycles. The second-order valence-electron chi connectivity index (χ2n) is 4.31. The summed E-state index contributed by atoms with van der Waals surface area (Å²) in [6.07, 6.45) is 1.73. The summed E-state index contributed by atoms with van der Waals surface area (Å²) in [5, 5.41) is 6.39. The average Bonchev–Trinajstić information content (AvgIpc) is 2.45. The zero-order chi connectivity index (χ0) is 14.4. The standard InChI is InChI=1S/C14H19N5O/c1-4-15-14-18-10(2)7-12(19-14)17-9-11-5-6-16-13(8-11)20-3/h5-8H,4,9H2,1-3H3,(H2,15,17,18,19). The van der Waals surface area contributed by atoms with Crippen LogP contribution in [-0.4, -0.2) is 28.6 Å². The molecule has 0 radical (unpaired) electrons. The molecule has 20 heavy (non-hydrogen) atoms. The van der Waals surface area contributed by atoms with Crippen LogP contribution >= 0.6 is 0 Å². The van der Waals surface area contributed by atoms with Crippen LogP contribution in [0.25, 0.3) is 0 Å². The van der Waals surface area contributed by atoms with Crippen LogP contribution in [0.3, 0.4) is 0 Å². The Labute approximate surface area is 118 Å². The Kier molecular flexibility index (Phi) is 4.70. The molecule has 0 aliphatic rings. The SMILES string of the molecule is CCNc1nc(C)cc(NCc2ccnc(OC)c2)n1. The molecule has 6 heteroatoms. The fourth-order valence-electron chi connectivity index (χ4n) is 1.76. The molecular formula is C14H19N5O. The molecule has 2 N–H and O–H groups in total. The third kappa shape index (κ3) is 3.81. The van der Waals surface area contributed by atoms with Crippen molar-refractivity contribution >= 4 is 11.8 Å². The molecule has 2 aromatic heterocycles. The first kappa shape index (κ1) is 14.0. The molecule has 0 spiro atoms. The van der Waals surface area contributed by atoms with Gasteiger partial charge in [0.15, 0.2) is 0 Å². The summed E-state index contributed by atoms with van der Waals surface area (Å²) in [5.74, 6) is 2.04. The van der Waals surface area contributed by atoms with Crippen molar-refractivity contribution in [1.82, 2.24) is 15.0 Å². The van der Waals surface area contributed by atoms with E-state index in [1.54, 1.807) is 13.3 Å². The molecule has 0 bridgehead atoms. The van der Waals surface area contributed by atoms with Crippen LogP contribution in [0.4, 0.5) is 11.8 Å². The highest BCUT2D eigenvalue weighted by Gasteiger charge is 2.02. The van der Waals surface area contributed by atoms with Crippen LogP contribution in [0.2, 0.25) is 0 Å². The number of hydrogen-bond donors (Lipinski definition) is 2. The summed E-state index contributed by atoms with van der Waals surface area (Å²) in [6, 6.07) is 5.75. The van der Waals surface area contributed by atoms with E-state index in [2.05, 4.69) is 25.6 Å². The van der Waals surface area contributed by atoms with E-state index < -0.39 is 0 Å². The second-order valence-corrected chi connectivity index (χ2v) is 4.31. The quantitative estimate of drug-likeness (QED) is 0.841. The van der Waals surface area contributed by atoms with E-state index in [1.165, 1.54) is 0 Å². The number of pyridine rings is 1. The van der Waals surface area contributed by atoms with Crippen molar-refractivity contribution in [2.45, 2.75) is 20.4 Å². The van der Waals surface area contributed by atoms with Gasteiger partial charge in [-0.2, -0.15) is 4.98 Å². The van der Waals surface area contributed by atoms with E-state index in [0.717, 1.165) is 23.6 Å². The highest BCUT2D eigenvalue weighted by Crippen LogP contribution is 2.13. The Hall–Kier alpha value is -2.37. The van der Waals surface area contributed by atoms with E-state index in [9.17, 15) is 0 Å². The summed E-state index contributed by atoms with van der Waals surface area (Å²) < 4.78 is 5.10. The number of ether oxygens (including phenoxy) is 1. The minimum atomic E-state index is 0.608. The molecule has 0 fully saturated rings. The monoisotopic (exact) mass is 273 g/mol. The third-order valence-electron chi connectivity index (χ3n) is 2.67. The minimum absolute atomic E-state index is 0.608. The molecule has 0 saturated carbocycles. The van der Waals surface area contributed by atoms with Crippen molar-refractivity contribution in [2.24, 2.45) is 0 Å². The fraction of sp³-hybridized carbons (Fsp3) is 0.357. The van der Waals surface area contributed by atoms with Crippen molar-refractivity contribution in [3.8, 4) is 5.88 Å². The number of nitrogens with zero attached hydrogens (tertiary/aromatic N) is 3. The molecule has 2 aromatic rings. The molecule has 0 aliphatic carbocycles. The molecule has 106 valence electrons. The zero-order valence-electron chi connectivity index (χ0n) is 12.0. The average molecular weight is 273 g/mol. The summed E-state index contributed by atoms with van der Waals surface area (Å²) >= 11 is 0. The number of anilines is 2. The molecule has 0 saturated heterocycles. The maximum absolute atomic E-state index is 5.10. The van der Waals surface area contributed by atoms with E-state index in [1.807, 2.05) is 32.0 Å². The van der Waals surface area contributed by atoms with Gasteiger partial charge in [0, 0.05) is 37.1 Å². The molecular weight excluding hydrogens is 254 g/mol. The lowest BCUT2D eigenvalue weighted by Crippen LogP contribution is -2.07. The first-order valence-corrected chi connectivity index (χ1v) is 6.53. The topological polar surface area (TPSA) is 72.0 Å². The number of rotatable bonds is 6. The molecule has 0 unspecified atom stereocenters. The van der Waals surface area contributed by atoms with Gasteiger partial charge in [-0.1, -0.05) is 0 Å².